The zero-order chi connectivity index (χ0) is 15.7. The molecule has 1 rings (SSSR count). The first-order valence-corrected chi connectivity index (χ1v) is 7.80. The fraction of sp³-hybridized carbons (Fsp3) is 0.667. The van der Waals surface area contributed by atoms with Crippen LogP contribution < -0.4 is 4.72 Å². The average molecular weight is 303 g/mol. The molecule has 0 spiro atoms. The molecular weight excluding hydrogens is 282 g/mol. The van der Waals surface area contributed by atoms with Crippen molar-refractivity contribution in [1.82, 2.24) is 14.5 Å². The quantitative estimate of drug-likeness (QED) is 0.810. The van der Waals surface area contributed by atoms with Crippen molar-refractivity contribution in [3.05, 3.63) is 11.4 Å². The Bertz CT molecular complexity index is 604. The van der Waals surface area contributed by atoms with Gasteiger partial charge >= 0.3 is 5.97 Å². The molecule has 0 aliphatic rings. The Balaban J connectivity index is 3.13. The van der Waals surface area contributed by atoms with Crippen LogP contribution in [-0.4, -0.2) is 35.3 Å². The van der Waals surface area contributed by atoms with E-state index in [4.69, 9.17) is 5.11 Å². The topological polar surface area (TPSA) is 101 Å². The number of carboxylic acids is 1. The Labute approximate surface area is 119 Å². The SMILES string of the molecule is Cc1nn(C)c(C)c1S(=O)(=O)NC(CC(C)C)C(=O)O. The summed E-state index contributed by atoms with van der Waals surface area (Å²) in [7, 11) is -2.26. The first-order chi connectivity index (χ1) is 9.06. The van der Waals surface area contributed by atoms with Crippen molar-refractivity contribution in [3.63, 3.8) is 0 Å². The van der Waals surface area contributed by atoms with Crippen LogP contribution in [0.2, 0.25) is 0 Å². The van der Waals surface area contributed by atoms with Crippen molar-refractivity contribution < 1.29 is 18.3 Å². The van der Waals surface area contributed by atoms with Gasteiger partial charge in [-0.3, -0.25) is 9.48 Å². The van der Waals surface area contributed by atoms with Crippen LogP contribution in [-0.2, 0) is 21.9 Å². The van der Waals surface area contributed by atoms with Crippen molar-refractivity contribution in [2.24, 2.45) is 13.0 Å². The minimum Gasteiger partial charge on any atom is -0.480 e. The Morgan fingerprint density at radius 1 is 1.40 bits per heavy atom. The molecule has 0 aromatic carbocycles. The number of aliphatic carboxylic acids is 1. The lowest BCUT2D eigenvalue weighted by molar-refractivity contribution is -0.139. The van der Waals surface area contributed by atoms with E-state index in [1.165, 1.54) is 4.68 Å². The molecule has 0 saturated carbocycles. The van der Waals surface area contributed by atoms with Crippen molar-refractivity contribution in [2.75, 3.05) is 0 Å². The van der Waals surface area contributed by atoms with Gasteiger partial charge in [-0.2, -0.15) is 9.82 Å². The average Bonchev–Trinajstić information content (AvgIpc) is 2.51. The van der Waals surface area contributed by atoms with E-state index < -0.39 is 22.0 Å². The molecule has 8 heteroatoms. The summed E-state index contributed by atoms with van der Waals surface area (Å²) >= 11 is 0. The van der Waals surface area contributed by atoms with Crippen molar-refractivity contribution >= 4 is 16.0 Å². The standard InChI is InChI=1S/C12H21N3O4S/c1-7(2)6-10(12(16)17)14-20(18,19)11-8(3)13-15(5)9(11)4/h7,10,14H,6H2,1-5H3,(H,16,17). The van der Waals surface area contributed by atoms with Gasteiger partial charge in [0, 0.05) is 7.05 Å². The molecule has 0 radical (unpaired) electrons. The lowest BCUT2D eigenvalue weighted by Crippen LogP contribution is -2.41. The molecule has 0 amide bonds. The Morgan fingerprint density at radius 3 is 2.30 bits per heavy atom. The zero-order valence-electron chi connectivity index (χ0n) is 12.3. The van der Waals surface area contributed by atoms with Gasteiger partial charge in [-0.25, -0.2) is 8.42 Å². The minimum atomic E-state index is -3.90. The van der Waals surface area contributed by atoms with Crippen molar-refractivity contribution in [3.8, 4) is 0 Å². The van der Waals surface area contributed by atoms with Gasteiger partial charge < -0.3 is 5.11 Å². The lowest BCUT2D eigenvalue weighted by Gasteiger charge is -2.16. The molecule has 0 bridgehead atoms. The third-order valence-electron chi connectivity index (χ3n) is 3.01. The van der Waals surface area contributed by atoms with Crippen LogP contribution in [0.1, 0.15) is 31.7 Å². The molecule has 1 aromatic rings. The first-order valence-electron chi connectivity index (χ1n) is 6.31. The Kier molecular flexibility index (Phi) is 4.93. The normalized spacial score (nSPS) is 13.7. The van der Waals surface area contributed by atoms with Crippen LogP contribution in [0.3, 0.4) is 0 Å². The van der Waals surface area contributed by atoms with E-state index in [9.17, 15) is 13.2 Å². The van der Waals surface area contributed by atoms with Crippen LogP contribution in [0.5, 0.6) is 0 Å². The minimum absolute atomic E-state index is 0.0509. The molecule has 0 aliphatic heterocycles. The number of sulfonamides is 1. The van der Waals surface area contributed by atoms with Gasteiger partial charge in [0.1, 0.15) is 10.9 Å². The summed E-state index contributed by atoms with van der Waals surface area (Å²) in [4.78, 5) is 11.2. The summed E-state index contributed by atoms with van der Waals surface area (Å²) < 4.78 is 28.4. The molecule has 0 fully saturated rings. The summed E-state index contributed by atoms with van der Waals surface area (Å²) in [6.45, 7) is 6.89. The van der Waals surface area contributed by atoms with Gasteiger partial charge in [0.25, 0.3) is 0 Å². The van der Waals surface area contributed by atoms with Gasteiger partial charge in [-0.1, -0.05) is 13.8 Å². The highest BCUT2D eigenvalue weighted by molar-refractivity contribution is 7.89. The highest BCUT2D eigenvalue weighted by Gasteiger charge is 2.30. The van der Waals surface area contributed by atoms with Crippen LogP contribution in [0.4, 0.5) is 0 Å². The molecule has 0 aliphatic carbocycles. The van der Waals surface area contributed by atoms with E-state index in [2.05, 4.69) is 9.82 Å². The predicted molar refractivity (Wildman–Crippen MR) is 73.9 cm³/mol. The first kappa shape index (κ1) is 16.6. The number of hydrogen-bond donors (Lipinski definition) is 2. The summed E-state index contributed by atoms with van der Waals surface area (Å²) in [6.07, 6.45) is 0.229. The van der Waals surface area contributed by atoms with Crippen LogP contribution >= 0.6 is 0 Å². The highest BCUT2D eigenvalue weighted by atomic mass is 32.2. The summed E-state index contributed by atoms with van der Waals surface area (Å²) in [5.41, 5.74) is 0.829. The number of nitrogens with zero attached hydrogens (tertiary/aromatic N) is 2. The number of hydrogen-bond acceptors (Lipinski definition) is 4. The summed E-state index contributed by atoms with van der Waals surface area (Å²) in [6, 6.07) is -1.14. The Hall–Kier alpha value is -1.41. The molecule has 7 nitrogen and oxygen atoms in total. The lowest BCUT2D eigenvalue weighted by atomic mass is 10.1. The zero-order valence-corrected chi connectivity index (χ0v) is 13.2. The maximum Gasteiger partial charge on any atom is 0.321 e. The van der Waals surface area contributed by atoms with E-state index in [1.54, 1.807) is 20.9 Å². The predicted octanol–water partition coefficient (Wildman–Crippen LogP) is 0.815. The number of nitrogens with one attached hydrogen (secondary N) is 1. The third-order valence-corrected chi connectivity index (χ3v) is 4.74. The maximum absolute atomic E-state index is 12.4. The Morgan fingerprint density at radius 2 is 1.95 bits per heavy atom. The second-order valence-electron chi connectivity index (χ2n) is 5.27. The van der Waals surface area contributed by atoms with Gasteiger partial charge in [0.15, 0.2) is 0 Å². The van der Waals surface area contributed by atoms with Gasteiger partial charge in [-0.15, -0.1) is 0 Å². The second kappa shape index (κ2) is 5.92. The molecule has 114 valence electrons. The number of rotatable bonds is 6. The van der Waals surface area contributed by atoms with E-state index >= 15 is 0 Å². The number of carbonyl (C=O) groups is 1. The molecule has 1 atom stereocenters. The van der Waals surface area contributed by atoms with E-state index in [0.717, 1.165) is 0 Å². The van der Waals surface area contributed by atoms with Crippen LogP contribution in [0, 0.1) is 19.8 Å². The molecule has 1 heterocycles. The van der Waals surface area contributed by atoms with E-state index in [0.29, 0.717) is 11.4 Å². The largest absolute Gasteiger partial charge is 0.480 e. The molecule has 2 N–H and O–H groups in total. The monoisotopic (exact) mass is 303 g/mol. The number of aromatic nitrogens is 2. The highest BCUT2D eigenvalue weighted by Crippen LogP contribution is 2.19. The van der Waals surface area contributed by atoms with Gasteiger partial charge in [0.05, 0.1) is 11.4 Å². The molecule has 1 aromatic heterocycles. The second-order valence-corrected chi connectivity index (χ2v) is 6.92. The van der Waals surface area contributed by atoms with Gasteiger partial charge in [0.2, 0.25) is 10.0 Å². The van der Waals surface area contributed by atoms with Crippen LogP contribution in [0.15, 0.2) is 4.90 Å². The van der Waals surface area contributed by atoms with E-state index in [1.807, 2.05) is 13.8 Å². The number of carboxylic acid groups (broad SMARTS) is 1. The van der Waals surface area contributed by atoms with Crippen LogP contribution in [0.25, 0.3) is 0 Å². The van der Waals surface area contributed by atoms with Gasteiger partial charge in [-0.05, 0) is 26.2 Å². The summed E-state index contributed by atoms with van der Waals surface area (Å²) in [5.74, 6) is -1.11. The van der Waals surface area contributed by atoms with Crippen molar-refractivity contribution in [2.45, 2.75) is 45.1 Å². The maximum atomic E-state index is 12.4. The molecule has 1 unspecified atom stereocenters. The third kappa shape index (κ3) is 3.57. The molecular formula is C12H21N3O4S. The summed E-state index contributed by atoms with van der Waals surface area (Å²) in [5, 5.41) is 13.2. The van der Waals surface area contributed by atoms with E-state index in [-0.39, 0.29) is 17.2 Å². The smallest absolute Gasteiger partial charge is 0.321 e. The fourth-order valence-corrected chi connectivity index (χ4v) is 3.70. The fourth-order valence-electron chi connectivity index (χ4n) is 2.06. The van der Waals surface area contributed by atoms with Crippen molar-refractivity contribution in [1.29, 1.82) is 0 Å². The molecule has 20 heavy (non-hydrogen) atoms. The molecule has 0 saturated heterocycles. The number of aryl methyl sites for hydroxylation is 2.